The number of nitrogens with one attached hydrogen (secondary N) is 2. The second-order valence-corrected chi connectivity index (χ2v) is 5.40. The molecule has 0 saturated heterocycles. The van der Waals surface area contributed by atoms with Crippen molar-refractivity contribution in [2.24, 2.45) is 0 Å². The van der Waals surface area contributed by atoms with E-state index >= 15 is 0 Å². The Morgan fingerprint density at radius 1 is 1.40 bits per heavy atom. The molecule has 0 radical (unpaired) electrons. The zero-order chi connectivity index (χ0) is 14.1. The summed E-state index contributed by atoms with van der Waals surface area (Å²) in [5.74, 6) is -0.0435. The van der Waals surface area contributed by atoms with E-state index < -0.39 is 0 Å². The third-order valence-electron chi connectivity index (χ3n) is 3.69. The van der Waals surface area contributed by atoms with Crippen LogP contribution in [0.15, 0.2) is 30.5 Å². The van der Waals surface area contributed by atoms with E-state index in [2.05, 4.69) is 34.5 Å². The lowest BCUT2D eigenvalue weighted by atomic mass is 10.0. The average molecular weight is 269 g/mol. The van der Waals surface area contributed by atoms with Crippen molar-refractivity contribution in [1.29, 1.82) is 0 Å². The van der Waals surface area contributed by atoms with Gasteiger partial charge in [-0.25, -0.2) is 0 Å². The molecule has 4 heteroatoms. The highest BCUT2D eigenvalue weighted by molar-refractivity contribution is 5.97. The topological polar surface area (TPSA) is 48.1 Å². The summed E-state index contributed by atoms with van der Waals surface area (Å²) in [7, 11) is 2.14. The standard InChI is InChI=1S/C16H19N3O/c1-11(20)18-13-5-6-16-14(8-13)15(9-17-16)12-4-3-7-19(2)10-12/h4-6,8-9,17H,3,7,10H2,1-2H3,(H,18,20). The van der Waals surface area contributed by atoms with Crippen LogP contribution in [0.25, 0.3) is 16.5 Å². The lowest BCUT2D eigenvalue weighted by Gasteiger charge is -2.22. The van der Waals surface area contributed by atoms with Crippen molar-refractivity contribution in [3.05, 3.63) is 36.0 Å². The Bertz CT molecular complexity index is 684. The van der Waals surface area contributed by atoms with E-state index in [0.717, 1.165) is 36.1 Å². The molecule has 0 atom stereocenters. The summed E-state index contributed by atoms with van der Waals surface area (Å²) in [6.07, 6.45) is 5.46. The number of H-pyrrole nitrogens is 1. The molecule has 1 amide bonds. The lowest BCUT2D eigenvalue weighted by Crippen LogP contribution is -2.24. The Morgan fingerprint density at radius 2 is 2.25 bits per heavy atom. The van der Waals surface area contributed by atoms with Gasteiger partial charge in [-0.15, -0.1) is 0 Å². The number of carbonyl (C=O) groups excluding carboxylic acids is 1. The molecule has 0 unspecified atom stereocenters. The summed E-state index contributed by atoms with van der Waals surface area (Å²) in [5.41, 5.74) is 4.53. The largest absolute Gasteiger partial charge is 0.361 e. The SMILES string of the molecule is CC(=O)Nc1ccc2[nH]cc(C3=CCCN(C)C3)c2c1. The van der Waals surface area contributed by atoms with E-state index in [0.29, 0.717) is 0 Å². The monoisotopic (exact) mass is 269 g/mol. The lowest BCUT2D eigenvalue weighted by molar-refractivity contribution is -0.114. The van der Waals surface area contributed by atoms with Gasteiger partial charge in [-0.05, 0) is 37.2 Å². The van der Waals surface area contributed by atoms with Crippen molar-refractivity contribution in [2.45, 2.75) is 13.3 Å². The molecule has 0 saturated carbocycles. The second kappa shape index (κ2) is 5.13. The van der Waals surface area contributed by atoms with Gasteiger partial charge in [0.05, 0.1) is 0 Å². The normalized spacial score (nSPS) is 16.2. The fourth-order valence-corrected chi connectivity index (χ4v) is 2.76. The Hall–Kier alpha value is -2.07. The minimum Gasteiger partial charge on any atom is -0.361 e. The fraction of sp³-hybridized carbons (Fsp3) is 0.312. The molecular weight excluding hydrogens is 250 g/mol. The summed E-state index contributed by atoms with van der Waals surface area (Å²) >= 11 is 0. The van der Waals surface area contributed by atoms with E-state index in [1.807, 2.05) is 18.2 Å². The van der Waals surface area contributed by atoms with Gasteiger partial charge in [0.15, 0.2) is 0 Å². The zero-order valence-electron chi connectivity index (χ0n) is 11.9. The molecule has 4 nitrogen and oxygen atoms in total. The fourth-order valence-electron chi connectivity index (χ4n) is 2.76. The molecule has 0 bridgehead atoms. The van der Waals surface area contributed by atoms with Crippen LogP contribution in [-0.4, -0.2) is 35.9 Å². The number of hydrogen-bond donors (Lipinski definition) is 2. The van der Waals surface area contributed by atoms with Crippen LogP contribution in [-0.2, 0) is 4.79 Å². The molecular formula is C16H19N3O. The van der Waals surface area contributed by atoms with Crippen LogP contribution in [0.3, 0.4) is 0 Å². The first-order chi connectivity index (χ1) is 9.63. The minimum absolute atomic E-state index is 0.0435. The molecule has 104 valence electrons. The summed E-state index contributed by atoms with van der Waals surface area (Å²) < 4.78 is 0. The van der Waals surface area contributed by atoms with Gasteiger partial charge in [-0.1, -0.05) is 6.08 Å². The minimum atomic E-state index is -0.0435. The molecule has 3 rings (SSSR count). The first-order valence-corrected chi connectivity index (χ1v) is 6.90. The molecule has 1 aromatic heterocycles. The zero-order valence-corrected chi connectivity index (χ0v) is 11.9. The third kappa shape index (κ3) is 2.47. The smallest absolute Gasteiger partial charge is 0.221 e. The molecule has 1 aliphatic heterocycles. The maximum Gasteiger partial charge on any atom is 0.221 e. The molecule has 2 aromatic rings. The van der Waals surface area contributed by atoms with Crippen molar-refractivity contribution >= 4 is 28.1 Å². The number of aromatic amines is 1. The van der Waals surface area contributed by atoms with Gasteiger partial charge in [0, 0.05) is 48.4 Å². The average Bonchev–Trinajstić information content (AvgIpc) is 2.81. The molecule has 0 fully saturated rings. The molecule has 1 aromatic carbocycles. The van der Waals surface area contributed by atoms with E-state index in [4.69, 9.17) is 0 Å². The number of carbonyl (C=O) groups is 1. The first-order valence-electron chi connectivity index (χ1n) is 6.90. The number of aromatic nitrogens is 1. The van der Waals surface area contributed by atoms with Gasteiger partial charge < -0.3 is 15.2 Å². The quantitative estimate of drug-likeness (QED) is 0.880. The summed E-state index contributed by atoms with van der Waals surface area (Å²) in [4.78, 5) is 16.8. The number of hydrogen-bond acceptors (Lipinski definition) is 2. The number of likely N-dealkylation sites (N-methyl/N-ethyl adjacent to an activating group) is 1. The Balaban J connectivity index is 2.02. The van der Waals surface area contributed by atoms with E-state index in [-0.39, 0.29) is 5.91 Å². The van der Waals surface area contributed by atoms with E-state index in [9.17, 15) is 4.79 Å². The van der Waals surface area contributed by atoms with Crippen LogP contribution in [0.1, 0.15) is 18.9 Å². The molecule has 1 aliphatic rings. The van der Waals surface area contributed by atoms with Crippen molar-refractivity contribution in [3.63, 3.8) is 0 Å². The van der Waals surface area contributed by atoms with Crippen molar-refractivity contribution in [2.75, 3.05) is 25.5 Å². The highest BCUT2D eigenvalue weighted by Crippen LogP contribution is 2.29. The molecule has 0 spiro atoms. The van der Waals surface area contributed by atoms with Crippen LogP contribution < -0.4 is 5.32 Å². The number of rotatable bonds is 2. The number of anilines is 1. The van der Waals surface area contributed by atoms with Crippen LogP contribution >= 0.6 is 0 Å². The number of amides is 1. The van der Waals surface area contributed by atoms with Crippen LogP contribution in [0, 0.1) is 0 Å². The predicted octanol–water partition coefficient (Wildman–Crippen LogP) is 2.85. The van der Waals surface area contributed by atoms with Gasteiger partial charge in [0.2, 0.25) is 5.91 Å². The maximum absolute atomic E-state index is 11.2. The number of fused-ring (bicyclic) bond motifs is 1. The van der Waals surface area contributed by atoms with Gasteiger partial charge in [-0.2, -0.15) is 0 Å². The summed E-state index contributed by atoms with van der Waals surface area (Å²) in [5, 5.41) is 4.01. The summed E-state index contributed by atoms with van der Waals surface area (Å²) in [6.45, 7) is 3.61. The van der Waals surface area contributed by atoms with Crippen molar-refractivity contribution < 1.29 is 4.79 Å². The van der Waals surface area contributed by atoms with E-state index in [1.165, 1.54) is 18.1 Å². The van der Waals surface area contributed by atoms with Crippen LogP contribution in [0.4, 0.5) is 5.69 Å². The third-order valence-corrected chi connectivity index (χ3v) is 3.69. The predicted molar refractivity (Wildman–Crippen MR) is 82.7 cm³/mol. The van der Waals surface area contributed by atoms with Gasteiger partial charge in [0.25, 0.3) is 0 Å². The summed E-state index contributed by atoms with van der Waals surface area (Å²) in [6, 6.07) is 5.97. The number of benzene rings is 1. The molecule has 2 heterocycles. The first kappa shape index (κ1) is 12.9. The van der Waals surface area contributed by atoms with Gasteiger partial charge in [0.1, 0.15) is 0 Å². The number of nitrogens with zero attached hydrogens (tertiary/aromatic N) is 1. The van der Waals surface area contributed by atoms with Gasteiger partial charge in [-0.3, -0.25) is 4.79 Å². The highest BCUT2D eigenvalue weighted by atomic mass is 16.1. The van der Waals surface area contributed by atoms with Crippen LogP contribution in [0.5, 0.6) is 0 Å². The van der Waals surface area contributed by atoms with Crippen molar-refractivity contribution in [3.8, 4) is 0 Å². The highest BCUT2D eigenvalue weighted by Gasteiger charge is 2.14. The molecule has 2 N–H and O–H groups in total. The Labute approximate surface area is 118 Å². The van der Waals surface area contributed by atoms with Crippen molar-refractivity contribution in [1.82, 2.24) is 9.88 Å². The van der Waals surface area contributed by atoms with Crippen LogP contribution in [0.2, 0.25) is 0 Å². The van der Waals surface area contributed by atoms with Gasteiger partial charge >= 0.3 is 0 Å². The second-order valence-electron chi connectivity index (χ2n) is 5.40. The molecule has 0 aliphatic carbocycles. The Morgan fingerprint density at radius 3 is 3.00 bits per heavy atom. The maximum atomic E-state index is 11.2. The molecule has 20 heavy (non-hydrogen) atoms. The Kier molecular flexibility index (Phi) is 3.32. The van der Waals surface area contributed by atoms with E-state index in [1.54, 1.807) is 0 Å².